The van der Waals surface area contributed by atoms with Crippen LogP contribution in [0.1, 0.15) is 19.4 Å². The second-order valence-corrected chi connectivity index (χ2v) is 2.90. The van der Waals surface area contributed by atoms with E-state index in [4.69, 9.17) is 0 Å². The fourth-order valence-corrected chi connectivity index (χ4v) is 1.08. The van der Waals surface area contributed by atoms with Gasteiger partial charge in [-0.1, -0.05) is 44.2 Å². The molecular weight excluding hydrogens is 286 g/mol. The van der Waals surface area contributed by atoms with Gasteiger partial charge in [-0.3, -0.25) is 4.99 Å². The molecule has 0 aromatic heterocycles. The fraction of sp³-hybridized carbons (Fsp3) is 0.333. The third-order valence-electron chi connectivity index (χ3n) is 1.68. The molecule has 1 rings (SSSR count). The van der Waals surface area contributed by atoms with Crippen molar-refractivity contribution >= 4 is 11.7 Å². The zero-order valence-electron chi connectivity index (χ0n) is 11.0. The molecular formula is C12H13F3KNO2. The van der Waals surface area contributed by atoms with E-state index in [1.807, 2.05) is 13.8 Å². The molecule has 19 heavy (non-hydrogen) atoms. The van der Waals surface area contributed by atoms with E-state index in [-0.39, 0.29) is 56.9 Å². The van der Waals surface area contributed by atoms with Crippen LogP contribution < -0.4 is 56.5 Å². The number of aliphatic carboxylic acids is 1. The number of carbonyl (C=O) groups is 1. The number of rotatable bonds is 3. The third kappa shape index (κ3) is 8.54. The van der Waals surface area contributed by atoms with Gasteiger partial charge in [0.15, 0.2) is 0 Å². The molecule has 0 atom stereocenters. The molecule has 100 valence electrons. The van der Waals surface area contributed by atoms with Crippen LogP contribution in [0.4, 0.5) is 13.2 Å². The van der Waals surface area contributed by atoms with Crippen LogP contribution in [0, 0.1) is 0 Å². The Bertz CT molecular complexity index is 405. The summed E-state index contributed by atoms with van der Waals surface area (Å²) in [7, 11) is 0. The molecule has 1 aromatic rings. The largest absolute Gasteiger partial charge is 1.00 e. The zero-order valence-corrected chi connectivity index (χ0v) is 14.1. The van der Waals surface area contributed by atoms with Crippen LogP contribution in [-0.4, -0.2) is 24.4 Å². The van der Waals surface area contributed by atoms with E-state index < -0.39 is 24.4 Å². The molecule has 0 unspecified atom stereocenters. The van der Waals surface area contributed by atoms with Gasteiger partial charge in [0.1, 0.15) is 5.71 Å². The van der Waals surface area contributed by atoms with Gasteiger partial charge in [0.05, 0.1) is 12.5 Å². The topological polar surface area (TPSA) is 52.5 Å². The summed E-state index contributed by atoms with van der Waals surface area (Å²) in [5.74, 6) is -1.65. The first-order chi connectivity index (χ1) is 8.41. The van der Waals surface area contributed by atoms with Crippen molar-refractivity contribution in [2.24, 2.45) is 4.99 Å². The van der Waals surface area contributed by atoms with Gasteiger partial charge in [-0.25, -0.2) is 0 Å². The maximum atomic E-state index is 12.5. The summed E-state index contributed by atoms with van der Waals surface area (Å²) in [6, 6.07) is 6.80. The van der Waals surface area contributed by atoms with Gasteiger partial charge in [0.2, 0.25) is 0 Å². The van der Waals surface area contributed by atoms with Crippen molar-refractivity contribution in [1.82, 2.24) is 0 Å². The number of aliphatic imine (C=N–C) groups is 1. The molecule has 0 radical (unpaired) electrons. The monoisotopic (exact) mass is 299 g/mol. The standard InChI is InChI=1S/C10H8F3NO2.C2H6.K/c11-10(12,13)9(14-6-8(15)16)7-4-2-1-3-5-7;1-2;/h1-5H,6H2,(H,15,16);1-2H3;/q;;+1/p-1. The summed E-state index contributed by atoms with van der Waals surface area (Å²) >= 11 is 0. The van der Waals surface area contributed by atoms with E-state index in [1.165, 1.54) is 24.3 Å². The number of hydrogen-bond donors (Lipinski definition) is 0. The van der Waals surface area contributed by atoms with Gasteiger partial charge >= 0.3 is 57.6 Å². The van der Waals surface area contributed by atoms with E-state index in [1.54, 1.807) is 6.07 Å². The Kier molecular flexibility index (Phi) is 11.7. The van der Waals surface area contributed by atoms with Gasteiger partial charge in [-0.05, 0) is 0 Å². The van der Waals surface area contributed by atoms with E-state index in [0.717, 1.165) is 0 Å². The minimum Gasteiger partial charge on any atom is -0.548 e. The average molecular weight is 299 g/mol. The summed E-state index contributed by atoms with van der Waals surface area (Å²) in [6.45, 7) is 2.99. The van der Waals surface area contributed by atoms with Gasteiger partial charge in [-0.2, -0.15) is 13.2 Å². The van der Waals surface area contributed by atoms with E-state index in [9.17, 15) is 23.1 Å². The minimum absolute atomic E-state index is 0. The Morgan fingerprint density at radius 2 is 1.68 bits per heavy atom. The van der Waals surface area contributed by atoms with Crippen LogP contribution >= 0.6 is 0 Å². The molecule has 0 saturated carbocycles. The minimum atomic E-state index is -4.68. The normalized spacial score (nSPS) is 10.9. The number of alkyl halides is 3. The average Bonchev–Trinajstić information content (AvgIpc) is 2.31. The second-order valence-electron chi connectivity index (χ2n) is 2.90. The van der Waals surface area contributed by atoms with Gasteiger partial charge < -0.3 is 9.90 Å². The number of carboxylic acid groups (broad SMARTS) is 1. The fourth-order valence-electron chi connectivity index (χ4n) is 1.08. The van der Waals surface area contributed by atoms with Crippen LogP contribution in [0.3, 0.4) is 0 Å². The van der Waals surface area contributed by atoms with Crippen LogP contribution in [0.25, 0.3) is 0 Å². The van der Waals surface area contributed by atoms with Crippen LogP contribution in [0.5, 0.6) is 0 Å². The van der Waals surface area contributed by atoms with Crippen molar-refractivity contribution in [1.29, 1.82) is 0 Å². The van der Waals surface area contributed by atoms with Crippen LogP contribution in [0.2, 0.25) is 0 Å². The molecule has 0 heterocycles. The second kappa shape index (κ2) is 10.6. The van der Waals surface area contributed by atoms with Crippen LogP contribution in [-0.2, 0) is 4.79 Å². The molecule has 0 aliphatic rings. The van der Waals surface area contributed by atoms with E-state index in [0.29, 0.717) is 0 Å². The van der Waals surface area contributed by atoms with Crippen LogP contribution in [0.15, 0.2) is 35.3 Å². The Morgan fingerprint density at radius 3 is 2.05 bits per heavy atom. The molecule has 0 saturated heterocycles. The van der Waals surface area contributed by atoms with Crippen molar-refractivity contribution in [3.63, 3.8) is 0 Å². The molecule has 1 aromatic carbocycles. The van der Waals surface area contributed by atoms with E-state index >= 15 is 0 Å². The van der Waals surface area contributed by atoms with Gasteiger partial charge in [0.25, 0.3) is 0 Å². The maximum absolute atomic E-state index is 12.5. The summed E-state index contributed by atoms with van der Waals surface area (Å²) < 4.78 is 37.5. The van der Waals surface area contributed by atoms with Crippen molar-refractivity contribution in [3.05, 3.63) is 35.9 Å². The number of carbonyl (C=O) groups excluding carboxylic acids is 1. The number of halogens is 3. The predicted molar refractivity (Wildman–Crippen MR) is 60.3 cm³/mol. The number of hydrogen-bond acceptors (Lipinski definition) is 3. The predicted octanol–water partition coefficient (Wildman–Crippen LogP) is -1.18. The molecule has 7 heteroatoms. The van der Waals surface area contributed by atoms with Crippen molar-refractivity contribution < 1.29 is 74.5 Å². The first-order valence-electron chi connectivity index (χ1n) is 5.28. The zero-order chi connectivity index (χ0) is 14.2. The smallest absolute Gasteiger partial charge is 0.548 e. The van der Waals surface area contributed by atoms with Gasteiger partial charge in [0, 0.05) is 5.56 Å². The van der Waals surface area contributed by atoms with Crippen molar-refractivity contribution in [2.45, 2.75) is 20.0 Å². The van der Waals surface area contributed by atoms with E-state index in [2.05, 4.69) is 4.99 Å². The molecule has 0 amide bonds. The van der Waals surface area contributed by atoms with Crippen molar-refractivity contribution in [2.75, 3.05) is 6.54 Å². The maximum Gasteiger partial charge on any atom is 1.00 e. The molecule has 0 aliphatic heterocycles. The molecule has 0 bridgehead atoms. The Hall–Kier alpha value is -0.214. The third-order valence-corrected chi connectivity index (χ3v) is 1.68. The number of benzene rings is 1. The molecule has 0 fully saturated rings. The quantitative estimate of drug-likeness (QED) is 0.521. The number of nitrogens with zero attached hydrogens (tertiary/aromatic N) is 1. The molecule has 0 aliphatic carbocycles. The summed E-state index contributed by atoms with van der Waals surface area (Å²) in [5, 5.41) is 10.1. The Balaban J connectivity index is 0. The van der Waals surface area contributed by atoms with Gasteiger partial charge in [-0.15, -0.1) is 0 Å². The van der Waals surface area contributed by atoms with Crippen molar-refractivity contribution in [3.8, 4) is 0 Å². The summed E-state index contributed by atoms with van der Waals surface area (Å²) in [6.07, 6.45) is -4.68. The Labute approximate surface area is 152 Å². The first-order valence-corrected chi connectivity index (χ1v) is 5.28. The Morgan fingerprint density at radius 1 is 1.21 bits per heavy atom. The number of carboxylic acids is 1. The first kappa shape index (κ1) is 21.1. The molecule has 3 nitrogen and oxygen atoms in total. The molecule has 0 spiro atoms. The SMILES string of the molecule is CC.O=C([O-])CN=C(c1ccccc1)C(F)(F)F.[K+]. The molecule has 0 N–H and O–H groups in total. The summed E-state index contributed by atoms with van der Waals surface area (Å²) in [5.41, 5.74) is -1.38. The summed E-state index contributed by atoms with van der Waals surface area (Å²) in [4.78, 5) is 13.1.